The first-order valence-electron chi connectivity index (χ1n) is 5.46. The maximum Gasteiger partial charge on any atom is 0.358 e. The van der Waals surface area contributed by atoms with E-state index in [0.29, 0.717) is 25.0 Å². The molecular formula is C11H18N2O4. The Bertz CT molecular complexity index is 362. The summed E-state index contributed by atoms with van der Waals surface area (Å²) in [6, 6.07) is 1.77. The maximum atomic E-state index is 10.6. The second kappa shape index (κ2) is 6.36. The highest BCUT2D eigenvalue weighted by atomic mass is 16.5. The molecule has 0 aromatic carbocycles. The summed E-state index contributed by atoms with van der Waals surface area (Å²) in [7, 11) is 1.65. The van der Waals surface area contributed by atoms with Crippen LogP contribution < -0.4 is 0 Å². The van der Waals surface area contributed by atoms with Crippen LogP contribution >= 0.6 is 0 Å². The van der Waals surface area contributed by atoms with Crippen molar-refractivity contribution in [2.45, 2.75) is 26.4 Å². The first-order valence-corrected chi connectivity index (χ1v) is 5.46. The Morgan fingerprint density at radius 1 is 1.65 bits per heavy atom. The van der Waals surface area contributed by atoms with Gasteiger partial charge in [0.05, 0.1) is 13.2 Å². The lowest BCUT2D eigenvalue weighted by molar-refractivity contribution is 0.0685. The molecule has 17 heavy (non-hydrogen) atoms. The molecule has 96 valence electrons. The minimum absolute atomic E-state index is 0.0598. The predicted octanol–water partition coefficient (Wildman–Crippen LogP) is 1.23. The van der Waals surface area contributed by atoms with Crippen LogP contribution in [0.2, 0.25) is 0 Å². The van der Waals surface area contributed by atoms with Gasteiger partial charge in [-0.15, -0.1) is 0 Å². The van der Waals surface area contributed by atoms with Crippen LogP contribution in [0.15, 0.2) is 10.6 Å². The summed E-state index contributed by atoms with van der Waals surface area (Å²) >= 11 is 0. The molecule has 0 aliphatic heterocycles. The fourth-order valence-electron chi connectivity index (χ4n) is 1.42. The topological polar surface area (TPSA) is 75.8 Å². The molecule has 1 heterocycles. The second-order valence-electron chi connectivity index (χ2n) is 4.04. The summed E-state index contributed by atoms with van der Waals surface area (Å²) < 4.78 is 9.99. The van der Waals surface area contributed by atoms with E-state index in [9.17, 15) is 4.79 Å². The van der Waals surface area contributed by atoms with Crippen molar-refractivity contribution in [1.29, 1.82) is 0 Å². The van der Waals surface area contributed by atoms with Crippen molar-refractivity contribution in [2.24, 2.45) is 0 Å². The summed E-state index contributed by atoms with van der Waals surface area (Å²) in [6.07, 6.45) is 0. The Kier molecular flexibility index (Phi) is 5.11. The maximum absolute atomic E-state index is 10.6. The van der Waals surface area contributed by atoms with Crippen molar-refractivity contribution in [3.8, 4) is 0 Å². The van der Waals surface area contributed by atoms with Gasteiger partial charge in [0, 0.05) is 25.8 Å². The second-order valence-corrected chi connectivity index (χ2v) is 4.04. The van der Waals surface area contributed by atoms with E-state index in [1.54, 1.807) is 7.11 Å². The molecule has 0 saturated heterocycles. The molecule has 0 saturated carbocycles. The number of methoxy groups -OCH3 is 1. The van der Waals surface area contributed by atoms with Crippen LogP contribution in [0.1, 0.15) is 30.1 Å². The van der Waals surface area contributed by atoms with Crippen molar-refractivity contribution in [1.82, 2.24) is 10.1 Å². The molecule has 0 aliphatic rings. The fourth-order valence-corrected chi connectivity index (χ4v) is 1.42. The van der Waals surface area contributed by atoms with Crippen molar-refractivity contribution in [2.75, 3.05) is 20.3 Å². The highest BCUT2D eigenvalue weighted by molar-refractivity contribution is 5.85. The number of aromatic carboxylic acids is 1. The van der Waals surface area contributed by atoms with E-state index in [1.165, 1.54) is 6.07 Å². The van der Waals surface area contributed by atoms with E-state index < -0.39 is 5.97 Å². The first kappa shape index (κ1) is 13.7. The van der Waals surface area contributed by atoms with Crippen molar-refractivity contribution in [3.63, 3.8) is 0 Å². The summed E-state index contributed by atoms with van der Waals surface area (Å²) in [5.41, 5.74) is -0.0598. The van der Waals surface area contributed by atoms with Gasteiger partial charge in [-0.1, -0.05) is 5.16 Å². The van der Waals surface area contributed by atoms with Crippen LogP contribution in [0.5, 0.6) is 0 Å². The summed E-state index contributed by atoms with van der Waals surface area (Å²) in [6.45, 7) is 6.03. The molecule has 0 bridgehead atoms. The SMILES string of the molecule is COCCN(Cc1cc(C(=O)O)no1)C(C)C. The Balaban J connectivity index is 2.61. The molecule has 0 fully saturated rings. The zero-order valence-corrected chi connectivity index (χ0v) is 10.3. The monoisotopic (exact) mass is 242 g/mol. The van der Waals surface area contributed by atoms with Gasteiger partial charge in [0.1, 0.15) is 0 Å². The molecule has 1 aromatic rings. The van der Waals surface area contributed by atoms with E-state index in [-0.39, 0.29) is 5.69 Å². The van der Waals surface area contributed by atoms with Gasteiger partial charge < -0.3 is 14.4 Å². The zero-order valence-electron chi connectivity index (χ0n) is 10.3. The molecule has 0 atom stereocenters. The molecule has 0 radical (unpaired) electrons. The van der Waals surface area contributed by atoms with E-state index in [4.69, 9.17) is 14.4 Å². The average molecular weight is 242 g/mol. The third-order valence-corrected chi connectivity index (χ3v) is 2.45. The number of aromatic nitrogens is 1. The molecule has 0 amide bonds. The quantitative estimate of drug-likeness (QED) is 0.775. The number of carbonyl (C=O) groups is 1. The molecule has 1 rings (SSSR count). The van der Waals surface area contributed by atoms with Gasteiger partial charge in [0.15, 0.2) is 11.5 Å². The molecule has 6 nitrogen and oxygen atoms in total. The highest BCUT2D eigenvalue weighted by Gasteiger charge is 2.15. The van der Waals surface area contributed by atoms with Crippen LogP contribution in [0, 0.1) is 0 Å². The minimum Gasteiger partial charge on any atom is -0.476 e. The lowest BCUT2D eigenvalue weighted by Crippen LogP contribution is -2.33. The Hall–Kier alpha value is -1.40. The largest absolute Gasteiger partial charge is 0.476 e. The predicted molar refractivity (Wildman–Crippen MR) is 60.9 cm³/mol. The molecule has 0 aliphatic carbocycles. The van der Waals surface area contributed by atoms with Gasteiger partial charge >= 0.3 is 5.97 Å². The van der Waals surface area contributed by atoms with Crippen LogP contribution in [0.25, 0.3) is 0 Å². The lowest BCUT2D eigenvalue weighted by atomic mass is 10.3. The third-order valence-electron chi connectivity index (χ3n) is 2.45. The fraction of sp³-hybridized carbons (Fsp3) is 0.636. The molecular weight excluding hydrogens is 224 g/mol. The normalized spacial score (nSPS) is 11.4. The third kappa shape index (κ3) is 4.16. The first-order chi connectivity index (χ1) is 8.04. The van der Waals surface area contributed by atoms with Crippen LogP contribution in [0.3, 0.4) is 0 Å². The van der Waals surface area contributed by atoms with E-state index in [1.807, 2.05) is 0 Å². The molecule has 1 N–H and O–H groups in total. The number of ether oxygens (including phenoxy) is 1. The molecule has 1 aromatic heterocycles. The van der Waals surface area contributed by atoms with Crippen LogP contribution in [-0.2, 0) is 11.3 Å². The van der Waals surface area contributed by atoms with Crippen LogP contribution in [0.4, 0.5) is 0 Å². The molecule has 0 unspecified atom stereocenters. The number of hydrogen-bond acceptors (Lipinski definition) is 5. The molecule has 6 heteroatoms. The Morgan fingerprint density at radius 2 is 2.35 bits per heavy atom. The van der Waals surface area contributed by atoms with Gasteiger partial charge in [-0.2, -0.15) is 0 Å². The molecule has 0 spiro atoms. The van der Waals surface area contributed by atoms with E-state index in [2.05, 4.69) is 23.9 Å². The lowest BCUT2D eigenvalue weighted by Gasteiger charge is -2.24. The number of nitrogens with zero attached hydrogens (tertiary/aromatic N) is 2. The standard InChI is InChI=1S/C11H18N2O4/c1-8(2)13(4-5-16-3)7-9-6-10(11(14)15)12-17-9/h6,8H,4-5,7H2,1-3H3,(H,14,15). The van der Waals surface area contributed by atoms with Gasteiger partial charge in [0.25, 0.3) is 0 Å². The summed E-state index contributed by atoms with van der Waals surface area (Å²) in [4.78, 5) is 12.8. The van der Waals surface area contributed by atoms with Gasteiger partial charge in [-0.05, 0) is 13.8 Å². The Morgan fingerprint density at radius 3 is 2.82 bits per heavy atom. The summed E-state index contributed by atoms with van der Waals surface area (Å²) in [5.74, 6) is -0.528. The van der Waals surface area contributed by atoms with Gasteiger partial charge in [0.2, 0.25) is 0 Å². The van der Waals surface area contributed by atoms with Gasteiger partial charge in [-0.3, -0.25) is 4.90 Å². The smallest absolute Gasteiger partial charge is 0.358 e. The number of rotatable bonds is 7. The van der Waals surface area contributed by atoms with Crippen LogP contribution in [-0.4, -0.2) is 47.4 Å². The number of carboxylic acid groups (broad SMARTS) is 1. The highest BCUT2D eigenvalue weighted by Crippen LogP contribution is 2.10. The minimum atomic E-state index is -1.08. The van der Waals surface area contributed by atoms with Crippen molar-refractivity contribution >= 4 is 5.97 Å². The average Bonchev–Trinajstić information content (AvgIpc) is 2.72. The van der Waals surface area contributed by atoms with Gasteiger partial charge in [-0.25, -0.2) is 4.79 Å². The van der Waals surface area contributed by atoms with E-state index in [0.717, 1.165) is 6.54 Å². The number of carboxylic acids is 1. The van der Waals surface area contributed by atoms with Crippen molar-refractivity contribution in [3.05, 3.63) is 17.5 Å². The van der Waals surface area contributed by atoms with Crippen molar-refractivity contribution < 1.29 is 19.2 Å². The summed E-state index contributed by atoms with van der Waals surface area (Å²) in [5, 5.41) is 12.2. The Labute approximate surface area is 100 Å². The number of hydrogen-bond donors (Lipinski definition) is 1. The van der Waals surface area contributed by atoms with E-state index >= 15 is 0 Å². The zero-order chi connectivity index (χ0) is 12.8.